The Morgan fingerprint density at radius 1 is 1.07 bits per heavy atom. The zero-order valence-corrected chi connectivity index (χ0v) is 16.4. The lowest BCUT2D eigenvalue weighted by Gasteiger charge is -2.32. The predicted molar refractivity (Wildman–Crippen MR) is 106 cm³/mol. The van der Waals surface area contributed by atoms with E-state index >= 15 is 0 Å². The molecule has 1 spiro atoms. The van der Waals surface area contributed by atoms with Crippen molar-refractivity contribution in [3.63, 3.8) is 0 Å². The van der Waals surface area contributed by atoms with Crippen molar-refractivity contribution >= 4 is 17.8 Å². The van der Waals surface area contributed by atoms with Crippen LogP contribution in [0, 0.1) is 0 Å². The van der Waals surface area contributed by atoms with Gasteiger partial charge in [-0.05, 0) is 43.6 Å². The summed E-state index contributed by atoms with van der Waals surface area (Å²) < 4.78 is 0. The maximum absolute atomic E-state index is 12.6. The number of amides is 4. The van der Waals surface area contributed by atoms with Gasteiger partial charge in [-0.1, -0.05) is 43.2 Å². The molecule has 1 saturated carbocycles. The number of carbonyl (C=O) groups is 3. The van der Waals surface area contributed by atoms with Gasteiger partial charge in [0.05, 0.1) is 0 Å². The number of hydrogen-bond donors (Lipinski definition) is 1. The third-order valence-electron chi connectivity index (χ3n) is 6.59. The summed E-state index contributed by atoms with van der Waals surface area (Å²) in [5, 5.41) is 2.89. The summed E-state index contributed by atoms with van der Waals surface area (Å²) in [6.07, 6.45) is 6.35. The molecule has 0 aromatic heterocycles. The normalized spacial score (nSPS) is 22.1. The summed E-state index contributed by atoms with van der Waals surface area (Å²) in [5.41, 5.74) is 0.703. The van der Waals surface area contributed by atoms with Crippen LogP contribution >= 0.6 is 0 Å². The average Bonchev–Trinajstić information content (AvgIpc) is 3.29. The summed E-state index contributed by atoms with van der Waals surface area (Å²) in [5.74, 6) is 0.569. The molecule has 1 N–H and O–H groups in total. The van der Waals surface area contributed by atoms with Gasteiger partial charge in [-0.15, -0.1) is 0 Å². The first-order chi connectivity index (χ1) is 13.6. The molecule has 3 fully saturated rings. The third-order valence-corrected chi connectivity index (χ3v) is 6.59. The number of imide groups is 1. The van der Waals surface area contributed by atoms with Crippen molar-refractivity contribution in [2.45, 2.75) is 62.8 Å². The fourth-order valence-electron chi connectivity index (χ4n) is 4.93. The second kappa shape index (κ2) is 7.94. The van der Waals surface area contributed by atoms with Gasteiger partial charge in [-0.25, -0.2) is 4.79 Å². The molecule has 0 atom stereocenters. The van der Waals surface area contributed by atoms with Crippen molar-refractivity contribution in [2.24, 2.45) is 0 Å². The SMILES string of the molecule is O=C(CCCN1C(=O)NC2(CCCC2)C1=O)N1CCC(c2ccccc2)CC1. The van der Waals surface area contributed by atoms with E-state index in [1.54, 1.807) is 0 Å². The molecule has 150 valence electrons. The Morgan fingerprint density at radius 3 is 2.43 bits per heavy atom. The largest absolute Gasteiger partial charge is 0.343 e. The zero-order chi connectivity index (χ0) is 19.6. The van der Waals surface area contributed by atoms with Gasteiger partial charge < -0.3 is 10.2 Å². The summed E-state index contributed by atoms with van der Waals surface area (Å²) in [4.78, 5) is 40.6. The molecule has 6 heteroatoms. The third kappa shape index (κ3) is 3.64. The van der Waals surface area contributed by atoms with Gasteiger partial charge >= 0.3 is 6.03 Å². The minimum absolute atomic E-state index is 0.0916. The van der Waals surface area contributed by atoms with Gasteiger partial charge in [-0.3, -0.25) is 14.5 Å². The van der Waals surface area contributed by atoms with Gasteiger partial charge in [0.2, 0.25) is 5.91 Å². The van der Waals surface area contributed by atoms with E-state index in [1.165, 1.54) is 10.5 Å². The first-order valence-corrected chi connectivity index (χ1v) is 10.6. The Bertz CT molecular complexity index is 735. The van der Waals surface area contributed by atoms with Crippen LogP contribution in [0.4, 0.5) is 4.79 Å². The van der Waals surface area contributed by atoms with Crippen LogP contribution in [0.5, 0.6) is 0 Å². The highest BCUT2D eigenvalue weighted by molar-refractivity contribution is 6.07. The number of nitrogens with zero attached hydrogens (tertiary/aromatic N) is 2. The fraction of sp³-hybridized carbons (Fsp3) is 0.591. The summed E-state index contributed by atoms with van der Waals surface area (Å²) in [6.45, 7) is 1.90. The predicted octanol–water partition coefficient (Wildman–Crippen LogP) is 3.04. The molecule has 4 rings (SSSR count). The monoisotopic (exact) mass is 383 g/mol. The van der Waals surface area contributed by atoms with Crippen molar-refractivity contribution in [2.75, 3.05) is 19.6 Å². The molecule has 1 aromatic rings. The van der Waals surface area contributed by atoms with Crippen LogP contribution in [0.15, 0.2) is 30.3 Å². The maximum Gasteiger partial charge on any atom is 0.325 e. The molecule has 0 radical (unpaired) electrons. The van der Waals surface area contributed by atoms with E-state index in [0.29, 0.717) is 25.3 Å². The number of benzene rings is 1. The second-order valence-electron chi connectivity index (χ2n) is 8.35. The first-order valence-electron chi connectivity index (χ1n) is 10.6. The average molecular weight is 383 g/mol. The van der Waals surface area contributed by atoms with Crippen LogP contribution in [0.1, 0.15) is 62.8 Å². The first kappa shape index (κ1) is 19.0. The summed E-state index contributed by atoms with van der Waals surface area (Å²) >= 11 is 0. The number of urea groups is 1. The Labute approximate surface area is 166 Å². The maximum atomic E-state index is 12.6. The molecule has 4 amide bonds. The molecular formula is C22H29N3O3. The van der Waals surface area contributed by atoms with Crippen molar-refractivity contribution in [1.29, 1.82) is 0 Å². The molecule has 2 aliphatic heterocycles. The minimum Gasteiger partial charge on any atom is -0.343 e. The topological polar surface area (TPSA) is 69.7 Å². The molecule has 2 saturated heterocycles. The second-order valence-corrected chi connectivity index (χ2v) is 8.35. The van der Waals surface area contributed by atoms with Crippen molar-refractivity contribution in [1.82, 2.24) is 15.1 Å². The quantitative estimate of drug-likeness (QED) is 0.795. The molecule has 0 bridgehead atoms. The van der Waals surface area contributed by atoms with Crippen LogP contribution in [-0.2, 0) is 9.59 Å². The highest BCUT2D eigenvalue weighted by Crippen LogP contribution is 2.35. The molecule has 1 aromatic carbocycles. The van der Waals surface area contributed by atoms with Crippen LogP contribution in [0.25, 0.3) is 0 Å². The van der Waals surface area contributed by atoms with Gasteiger partial charge in [0, 0.05) is 26.1 Å². The van der Waals surface area contributed by atoms with E-state index in [1.807, 2.05) is 11.0 Å². The Morgan fingerprint density at radius 2 is 1.75 bits per heavy atom. The fourth-order valence-corrected chi connectivity index (χ4v) is 4.93. The minimum atomic E-state index is -0.652. The van der Waals surface area contributed by atoms with E-state index in [2.05, 4.69) is 29.6 Å². The van der Waals surface area contributed by atoms with Gasteiger partial charge in [0.25, 0.3) is 5.91 Å². The Balaban J connectivity index is 1.22. The van der Waals surface area contributed by atoms with E-state index in [0.717, 1.165) is 51.6 Å². The number of rotatable bonds is 5. The van der Waals surface area contributed by atoms with E-state index < -0.39 is 5.54 Å². The lowest BCUT2D eigenvalue weighted by Crippen LogP contribution is -2.44. The lowest BCUT2D eigenvalue weighted by atomic mass is 9.89. The smallest absolute Gasteiger partial charge is 0.325 e. The van der Waals surface area contributed by atoms with Gasteiger partial charge in [-0.2, -0.15) is 0 Å². The molecule has 6 nitrogen and oxygen atoms in total. The standard InChI is InChI=1S/C22H29N3O3/c26-19(24-15-10-18(11-16-24)17-7-2-1-3-8-17)9-6-14-25-20(27)22(23-21(25)28)12-4-5-13-22/h1-3,7-8,18H,4-6,9-16H2,(H,23,28). The summed E-state index contributed by atoms with van der Waals surface area (Å²) in [7, 11) is 0. The number of piperidine rings is 1. The molecule has 28 heavy (non-hydrogen) atoms. The Hall–Kier alpha value is -2.37. The number of hydrogen-bond acceptors (Lipinski definition) is 3. The number of nitrogens with one attached hydrogen (secondary N) is 1. The van der Waals surface area contributed by atoms with Gasteiger partial charge in [0.1, 0.15) is 5.54 Å². The molecular weight excluding hydrogens is 354 g/mol. The zero-order valence-electron chi connectivity index (χ0n) is 16.4. The molecule has 0 unspecified atom stereocenters. The van der Waals surface area contributed by atoms with Crippen LogP contribution < -0.4 is 5.32 Å². The molecule has 3 aliphatic rings. The summed E-state index contributed by atoms with van der Waals surface area (Å²) in [6, 6.07) is 10.2. The van der Waals surface area contributed by atoms with Crippen LogP contribution in [0.2, 0.25) is 0 Å². The van der Waals surface area contributed by atoms with E-state index in [9.17, 15) is 14.4 Å². The van der Waals surface area contributed by atoms with Crippen LogP contribution in [-0.4, -0.2) is 52.8 Å². The highest BCUT2D eigenvalue weighted by Gasteiger charge is 2.52. The highest BCUT2D eigenvalue weighted by atomic mass is 16.2. The van der Waals surface area contributed by atoms with Crippen molar-refractivity contribution in [3.8, 4) is 0 Å². The van der Waals surface area contributed by atoms with E-state index in [4.69, 9.17) is 0 Å². The molecule has 1 aliphatic carbocycles. The Kier molecular flexibility index (Phi) is 5.38. The van der Waals surface area contributed by atoms with Crippen molar-refractivity contribution < 1.29 is 14.4 Å². The number of carbonyl (C=O) groups excluding carboxylic acids is 3. The van der Waals surface area contributed by atoms with Gasteiger partial charge in [0.15, 0.2) is 0 Å². The lowest BCUT2D eigenvalue weighted by molar-refractivity contribution is -0.134. The van der Waals surface area contributed by atoms with Crippen molar-refractivity contribution in [3.05, 3.63) is 35.9 Å². The molecule has 2 heterocycles. The number of likely N-dealkylation sites (tertiary alicyclic amines) is 1. The van der Waals surface area contributed by atoms with E-state index in [-0.39, 0.29) is 17.8 Å². The van der Waals surface area contributed by atoms with Crippen LogP contribution in [0.3, 0.4) is 0 Å².